The van der Waals surface area contributed by atoms with Crippen molar-refractivity contribution < 1.29 is 40.7 Å². The normalized spacial score (nSPS) is 13.2. The molecule has 0 aliphatic heterocycles. The Balaban J connectivity index is 0. The molecule has 0 saturated heterocycles. The Labute approximate surface area is 327 Å². The summed E-state index contributed by atoms with van der Waals surface area (Å²) in [5.74, 6) is -0.525. The average Bonchev–Trinajstić information content (AvgIpc) is 3.10. The van der Waals surface area contributed by atoms with Gasteiger partial charge in [-0.25, -0.2) is 8.42 Å². The summed E-state index contributed by atoms with van der Waals surface area (Å²) < 4.78 is 43.1. The maximum atomic E-state index is 12.7. The van der Waals surface area contributed by atoms with Crippen LogP contribution in [0.2, 0.25) is 0 Å². The standard InChI is InChI=1S/C42H80NO4.CH4O4S/c1-7-9-11-13-15-17-19-21-23-25-27-29-31-33-35-37-40(44)46-42(39(3)43(4,5)6)47-41(45)38-36-34-32-30-28-26-24-22-20-18-16-14-12-10-8-2;1-5-6(2,3)4/h21-24,39,42H,7-20,25-38H2,1-6H3;1H3,(H,2,3,4)/q+1;/p-1. The van der Waals surface area contributed by atoms with Crippen LogP contribution in [0.1, 0.15) is 201 Å². The summed E-state index contributed by atoms with van der Waals surface area (Å²) >= 11 is 0. The molecule has 9 nitrogen and oxygen atoms in total. The molecule has 0 aliphatic rings. The summed E-state index contributed by atoms with van der Waals surface area (Å²) in [5, 5.41) is 0. The minimum absolute atomic E-state index is 0.147. The van der Waals surface area contributed by atoms with E-state index in [0.717, 1.165) is 58.5 Å². The lowest BCUT2D eigenvalue weighted by molar-refractivity contribution is -0.900. The fourth-order valence-electron chi connectivity index (χ4n) is 5.64. The molecule has 314 valence electrons. The Kier molecular flexibility index (Phi) is 37.4. The Morgan fingerprint density at radius 1 is 0.547 bits per heavy atom. The zero-order valence-corrected chi connectivity index (χ0v) is 36.2. The van der Waals surface area contributed by atoms with Gasteiger partial charge in [-0.2, -0.15) is 0 Å². The van der Waals surface area contributed by atoms with Crippen molar-refractivity contribution in [2.45, 2.75) is 213 Å². The maximum absolute atomic E-state index is 12.7. The lowest BCUT2D eigenvalue weighted by atomic mass is 10.1. The number of quaternary nitrogens is 1. The zero-order chi connectivity index (χ0) is 40.1. The molecule has 0 aromatic rings. The number of carbonyl (C=O) groups is 2. The van der Waals surface area contributed by atoms with Gasteiger partial charge < -0.3 is 18.5 Å². The first kappa shape index (κ1) is 53.4. The number of allylic oxidation sites excluding steroid dienone is 4. The molecule has 0 aromatic heterocycles. The zero-order valence-electron chi connectivity index (χ0n) is 35.4. The second-order valence-electron chi connectivity index (χ2n) is 15.4. The second-order valence-corrected chi connectivity index (χ2v) is 16.6. The molecule has 0 amide bonds. The fourth-order valence-corrected chi connectivity index (χ4v) is 5.64. The highest BCUT2D eigenvalue weighted by atomic mass is 32.3. The molecule has 0 aliphatic carbocycles. The number of likely N-dealkylation sites (N-methyl/N-ethyl adjacent to an activating group) is 1. The van der Waals surface area contributed by atoms with Crippen molar-refractivity contribution in [3.05, 3.63) is 24.3 Å². The molecule has 0 N–H and O–H groups in total. The molecule has 0 fully saturated rings. The van der Waals surface area contributed by atoms with Gasteiger partial charge in [0.05, 0.1) is 28.3 Å². The van der Waals surface area contributed by atoms with Crippen molar-refractivity contribution >= 4 is 22.3 Å². The van der Waals surface area contributed by atoms with Crippen LogP contribution in [0.5, 0.6) is 0 Å². The van der Waals surface area contributed by atoms with Crippen LogP contribution in [0.4, 0.5) is 0 Å². The van der Waals surface area contributed by atoms with E-state index in [9.17, 15) is 22.6 Å². The van der Waals surface area contributed by atoms with Gasteiger partial charge in [0.2, 0.25) is 10.4 Å². The third kappa shape index (κ3) is 41.3. The first-order valence-electron chi connectivity index (χ1n) is 21.3. The lowest BCUT2D eigenvalue weighted by Gasteiger charge is -2.35. The summed E-state index contributed by atoms with van der Waals surface area (Å²) in [5.41, 5.74) is 0. The van der Waals surface area contributed by atoms with Gasteiger partial charge in [-0.05, 0) is 71.1 Å². The summed E-state index contributed by atoms with van der Waals surface area (Å²) in [6.45, 7) is 6.51. The monoisotopic (exact) mass is 774 g/mol. The van der Waals surface area contributed by atoms with Crippen LogP contribution in [-0.2, 0) is 33.6 Å². The number of carbonyl (C=O) groups excluding carboxylic acids is 2. The number of rotatable bonds is 35. The lowest BCUT2D eigenvalue weighted by Crippen LogP contribution is -2.52. The molecule has 0 rings (SSSR count). The first-order chi connectivity index (χ1) is 25.3. The molecule has 1 unspecified atom stereocenters. The molecule has 1 atom stereocenters. The van der Waals surface area contributed by atoms with Crippen molar-refractivity contribution in [3.63, 3.8) is 0 Å². The van der Waals surface area contributed by atoms with Gasteiger partial charge in [-0.1, -0.05) is 141 Å². The number of esters is 2. The number of ether oxygens (including phenoxy) is 2. The topological polar surface area (TPSA) is 119 Å². The Morgan fingerprint density at radius 3 is 1.08 bits per heavy atom. The number of hydrogen-bond donors (Lipinski definition) is 0. The van der Waals surface area contributed by atoms with Crippen molar-refractivity contribution in [1.29, 1.82) is 0 Å². The van der Waals surface area contributed by atoms with Crippen LogP contribution in [0.3, 0.4) is 0 Å². The Morgan fingerprint density at radius 2 is 0.811 bits per heavy atom. The summed E-state index contributed by atoms with van der Waals surface area (Å²) in [4.78, 5) is 25.3. The van der Waals surface area contributed by atoms with Crippen LogP contribution in [0, 0.1) is 0 Å². The van der Waals surface area contributed by atoms with E-state index in [4.69, 9.17) is 9.47 Å². The van der Waals surface area contributed by atoms with E-state index >= 15 is 0 Å². The second kappa shape index (κ2) is 37.2. The molecular formula is C43H83NO8S. The quantitative estimate of drug-likeness (QED) is 0.0119. The van der Waals surface area contributed by atoms with Gasteiger partial charge in [0.15, 0.2) is 6.04 Å². The smallest absolute Gasteiger partial charge is 0.309 e. The summed E-state index contributed by atoms with van der Waals surface area (Å²) in [6.07, 6.45) is 41.2. The molecule has 0 bridgehead atoms. The van der Waals surface area contributed by atoms with Gasteiger partial charge >= 0.3 is 11.9 Å². The highest BCUT2D eigenvalue weighted by Crippen LogP contribution is 2.17. The van der Waals surface area contributed by atoms with Gasteiger partial charge in [-0.3, -0.25) is 13.8 Å². The number of nitrogens with zero attached hydrogens (tertiary/aromatic N) is 1. The predicted molar refractivity (Wildman–Crippen MR) is 219 cm³/mol. The molecule has 0 radical (unpaired) electrons. The molecule has 0 heterocycles. The number of hydrogen-bond acceptors (Lipinski definition) is 8. The van der Waals surface area contributed by atoms with Crippen LogP contribution >= 0.6 is 0 Å². The Bertz CT molecular complexity index is 952. The van der Waals surface area contributed by atoms with Gasteiger partial charge in [0, 0.05) is 12.8 Å². The molecule has 53 heavy (non-hydrogen) atoms. The fraction of sp³-hybridized carbons (Fsp3) is 0.860. The van der Waals surface area contributed by atoms with Crippen LogP contribution in [-0.4, -0.2) is 70.0 Å². The van der Waals surface area contributed by atoms with E-state index in [1.54, 1.807) is 0 Å². The Hall–Kier alpha value is -1.75. The predicted octanol–water partition coefficient (Wildman–Crippen LogP) is 11.7. The van der Waals surface area contributed by atoms with Crippen molar-refractivity contribution in [3.8, 4) is 0 Å². The molecule has 0 saturated carbocycles. The highest BCUT2D eigenvalue weighted by Gasteiger charge is 2.34. The third-order valence-electron chi connectivity index (χ3n) is 9.60. The van der Waals surface area contributed by atoms with Crippen LogP contribution in [0.25, 0.3) is 0 Å². The summed E-state index contributed by atoms with van der Waals surface area (Å²) in [6, 6.07) is -0.147. The minimum Gasteiger partial charge on any atom is -0.726 e. The van der Waals surface area contributed by atoms with Crippen molar-refractivity contribution in [1.82, 2.24) is 0 Å². The van der Waals surface area contributed by atoms with E-state index in [0.29, 0.717) is 17.3 Å². The van der Waals surface area contributed by atoms with Crippen molar-refractivity contribution in [2.75, 3.05) is 28.3 Å². The molecule has 0 spiro atoms. The van der Waals surface area contributed by atoms with Crippen LogP contribution in [0.15, 0.2) is 24.3 Å². The largest absolute Gasteiger partial charge is 0.726 e. The van der Waals surface area contributed by atoms with Crippen molar-refractivity contribution in [2.24, 2.45) is 0 Å². The van der Waals surface area contributed by atoms with E-state index in [1.165, 1.54) is 116 Å². The third-order valence-corrected chi connectivity index (χ3v) is 10.0. The SMILES string of the molecule is CCCCCCCCC=CCCCCCCCC(=O)OC(OC(=O)CCCCCCCC=CCCCCCCCC)C(C)[N+](C)(C)C.COS(=O)(=O)[O-]. The molecule has 10 heteroatoms. The molecule has 0 aromatic carbocycles. The minimum atomic E-state index is -4.41. The summed E-state index contributed by atoms with van der Waals surface area (Å²) in [7, 11) is 2.50. The van der Waals surface area contributed by atoms with E-state index in [-0.39, 0.29) is 18.0 Å². The maximum Gasteiger partial charge on any atom is 0.309 e. The van der Waals surface area contributed by atoms with E-state index in [1.807, 2.05) is 28.1 Å². The van der Waals surface area contributed by atoms with Gasteiger partial charge in [-0.15, -0.1) is 0 Å². The van der Waals surface area contributed by atoms with E-state index < -0.39 is 16.7 Å². The van der Waals surface area contributed by atoms with Crippen LogP contribution < -0.4 is 0 Å². The number of unbranched alkanes of at least 4 members (excludes halogenated alkanes) is 22. The van der Waals surface area contributed by atoms with Gasteiger partial charge in [0.1, 0.15) is 0 Å². The highest BCUT2D eigenvalue weighted by molar-refractivity contribution is 7.80. The molecular weight excluding hydrogens is 691 g/mol. The average molecular weight is 774 g/mol. The first-order valence-corrected chi connectivity index (χ1v) is 22.6. The van der Waals surface area contributed by atoms with Gasteiger partial charge in [0.25, 0.3) is 6.29 Å². The van der Waals surface area contributed by atoms with E-state index in [2.05, 4.69) is 42.3 Å².